The molecular weight excluding hydrogens is 279 g/mol. The van der Waals surface area contributed by atoms with Crippen LogP contribution in [0.25, 0.3) is 0 Å². The number of rotatable bonds is 7. The maximum absolute atomic E-state index is 14.3. The molecule has 0 unspecified atom stereocenters. The Labute approximate surface area is 132 Å². The minimum absolute atomic E-state index is 0.294. The van der Waals surface area contributed by atoms with Crippen LogP contribution in [0.15, 0.2) is 24.3 Å². The molecule has 2 saturated carbocycles. The van der Waals surface area contributed by atoms with E-state index in [-0.39, 0.29) is 5.82 Å². The summed E-state index contributed by atoms with van der Waals surface area (Å²) in [5.74, 6) is 1.99. The Bertz CT molecular complexity index is 528. The first kappa shape index (κ1) is 15.4. The molecule has 0 heterocycles. The second-order valence-electron chi connectivity index (χ2n) is 6.54. The van der Waals surface area contributed by atoms with Crippen LogP contribution in [-0.4, -0.2) is 13.2 Å². The molecule has 120 valence electrons. The first-order chi connectivity index (χ1) is 10.7. The summed E-state index contributed by atoms with van der Waals surface area (Å²) in [6.07, 6.45) is 12.0. The highest BCUT2D eigenvalue weighted by molar-refractivity contribution is 5.41. The van der Waals surface area contributed by atoms with Gasteiger partial charge in [-0.05, 0) is 56.6 Å². The van der Waals surface area contributed by atoms with Crippen molar-refractivity contribution < 1.29 is 13.9 Å². The summed E-state index contributed by atoms with van der Waals surface area (Å²) in [6, 6.07) is 3.49. The Morgan fingerprint density at radius 1 is 1.09 bits per heavy atom. The van der Waals surface area contributed by atoms with Crippen LogP contribution in [-0.2, 0) is 0 Å². The van der Waals surface area contributed by atoms with Crippen LogP contribution >= 0.6 is 0 Å². The first-order valence-corrected chi connectivity index (χ1v) is 8.45. The van der Waals surface area contributed by atoms with Crippen LogP contribution < -0.4 is 9.47 Å². The van der Waals surface area contributed by atoms with E-state index >= 15 is 0 Å². The molecule has 0 N–H and O–H groups in total. The predicted octanol–water partition coefficient (Wildman–Crippen LogP) is 5.05. The summed E-state index contributed by atoms with van der Waals surface area (Å²) >= 11 is 0. The molecule has 2 aliphatic rings. The van der Waals surface area contributed by atoms with Crippen molar-refractivity contribution in [2.24, 2.45) is 11.8 Å². The van der Waals surface area contributed by atoms with Crippen molar-refractivity contribution in [1.29, 1.82) is 0 Å². The number of hydrogen-bond acceptors (Lipinski definition) is 2. The van der Waals surface area contributed by atoms with Crippen LogP contribution in [0, 0.1) is 24.6 Å². The third-order valence-electron chi connectivity index (χ3n) is 4.62. The van der Waals surface area contributed by atoms with Crippen LogP contribution in [0.5, 0.6) is 11.5 Å². The third-order valence-corrected chi connectivity index (χ3v) is 4.62. The van der Waals surface area contributed by atoms with Crippen molar-refractivity contribution in [2.45, 2.75) is 45.4 Å². The molecule has 3 rings (SSSR count). The Hall–Kier alpha value is -1.51. The van der Waals surface area contributed by atoms with Crippen molar-refractivity contribution in [1.82, 2.24) is 0 Å². The molecule has 2 fully saturated rings. The number of benzene rings is 1. The largest absolute Gasteiger partial charge is 0.490 e. The summed E-state index contributed by atoms with van der Waals surface area (Å²) in [6.45, 7) is 2.87. The molecule has 3 heteroatoms. The van der Waals surface area contributed by atoms with Crippen LogP contribution in [0.2, 0.25) is 0 Å². The minimum Gasteiger partial charge on any atom is -0.490 e. The molecule has 2 nitrogen and oxygen atoms in total. The van der Waals surface area contributed by atoms with Gasteiger partial charge < -0.3 is 9.47 Å². The summed E-state index contributed by atoms with van der Waals surface area (Å²) in [7, 11) is 0. The molecule has 0 bridgehead atoms. The van der Waals surface area contributed by atoms with Gasteiger partial charge in [-0.15, -0.1) is 0 Å². The Kier molecular flexibility index (Phi) is 5.01. The minimum atomic E-state index is -0.294. The van der Waals surface area contributed by atoms with Gasteiger partial charge in [-0.2, -0.15) is 0 Å². The average molecular weight is 304 g/mol. The molecule has 2 aliphatic carbocycles. The van der Waals surface area contributed by atoms with E-state index in [4.69, 9.17) is 9.47 Å². The fraction of sp³-hybridized carbons (Fsp3) is 0.579. The standard InChI is InChI=1S/C19H25FO2/c1-14-17(21-12-4-7-15-5-2-3-6-15)10-11-18(19(14)20)22-13-16-8-9-16/h4,7,10-11,15-16H,2-3,5-6,8-9,12-13H2,1H3/b7-4+. The number of ether oxygens (including phenoxy) is 2. The second kappa shape index (κ2) is 7.17. The van der Waals surface area contributed by atoms with E-state index < -0.39 is 0 Å². The topological polar surface area (TPSA) is 18.5 Å². The lowest BCUT2D eigenvalue weighted by atomic mass is 10.1. The third kappa shape index (κ3) is 4.02. The average Bonchev–Trinajstić information content (AvgIpc) is 3.21. The summed E-state index contributed by atoms with van der Waals surface area (Å²) < 4.78 is 25.5. The number of halogens is 1. The lowest BCUT2D eigenvalue weighted by Gasteiger charge is -2.12. The van der Waals surface area contributed by atoms with Gasteiger partial charge in [0.15, 0.2) is 11.6 Å². The maximum Gasteiger partial charge on any atom is 0.171 e. The fourth-order valence-corrected chi connectivity index (χ4v) is 2.94. The molecule has 0 atom stereocenters. The molecule has 0 spiro atoms. The maximum atomic E-state index is 14.3. The quantitative estimate of drug-likeness (QED) is 0.656. The van der Waals surface area contributed by atoms with E-state index in [0.29, 0.717) is 42.1 Å². The fourth-order valence-electron chi connectivity index (χ4n) is 2.94. The molecule has 22 heavy (non-hydrogen) atoms. The predicted molar refractivity (Wildman–Crippen MR) is 85.9 cm³/mol. The molecular formula is C19H25FO2. The van der Waals surface area contributed by atoms with Crippen molar-refractivity contribution in [3.63, 3.8) is 0 Å². The lowest BCUT2D eigenvalue weighted by Crippen LogP contribution is -2.03. The summed E-state index contributed by atoms with van der Waals surface area (Å²) in [5, 5.41) is 0. The monoisotopic (exact) mass is 304 g/mol. The Morgan fingerprint density at radius 3 is 2.55 bits per heavy atom. The van der Waals surface area contributed by atoms with Gasteiger partial charge in [0.05, 0.1) is 6.61 Å². The first-order valence-electron chi connectivity index (χ1n) is 8.45. The normalized spacial score (nSPS) is 19.0. The summed E-state index contributed by atoms with van der Waals surface area (Å²) in [4.78, 5) is 0. The highest BCUT2D eigenvalue weighted by Gasteiger charge is 2.23. The van der Waals surface area contributed by atoms with E-state index in [1.54, 1.807) is 13.0 Å². The Morgan fingerprint density at radius 2 is 1.82 bits per heavy atom. The van der Waals surface area contributed by atoms with Gasteiger partial charge in [0.25, 0.3) is 0 Å². The molecule has 1 aromatic carbocycles. The van der Waals surface area contributed by atoms with Crippen molar-refractivity contribution in [3.05, 3.63) is 35.7 Å². The highest BCUT2D eigenvalue weighted by atomic mass is 19.1. The van der Waals surface area contributed by atoms with Crippen molar-refractivity contribution >= 4 is 0 Å². The van der Waals surface area contributed by atoms with Crippen molar-refractivity contribution in [2.75, 3.05) is 13.2 Å². The van der Waals surface area contributed by atoms with Gasteiger partial charge >= 0.3 is 0 Å². The van der Waals surface area contributed by atoms with Crippen LogP contribution in [0.1, 0.15) is 44.1 Å². The molecule has 0 aliphatic heterocycles. The van der Waals surface area contributed by atoms with Gasteiger partial charge in [0.2, 0.25) is 0 Å². The second-order valence-corrected chi connectivity index (χ2v) is 6.54. The Balaban J connectivity index is 1.52. The van der Waals surface area contributed by atoms with Gasteiger partial charge in [0.1, 0.15) is 12.4 Å². The summed E-state index contributed by atoms with van der Waals surface area (Å²) in [5.41, 5.74) is 0.530. The van der Waals surface area contributed by atoms with Gasteiger partial charge in [-0.1, -0.05) is 25.0 Å². The molecule has 0 aromatic heterocycles. The molecule has 0 saturated heterocycles. The van der Waals surface area contributed by atoms with Gasteiger partial charge in [0, 0.05) is 5.56 Å². The zero-order chi connectivity index (χ0) is 15.4. The van der Waals surface area contributed by atoms with Gasteiger partial charge in [-0.25, -0.2) is 4.39 Å². The van der Waals surface area contributed by atoms with E-state index in [2.05, 4.69) is 12.2 Å². The highest BCUT2D eigenvalue weighted by Crippen LogP contribution is 2.32. The molecule has 0 radical (unpaired) electrons. The van der Waals surface area contributed by atoms with E-state index in [0.717, 1.165) is 0 Å². The van der Waals surface area contributed by atoms with E-state index in [9.17, 15) is 4.39 Å². The van der Waals surface area contributed by atoms with E-state index in [1.807, 2.05) is 6.07 Å². The lowest BCUT2D eigenvalue weighted by molar-refractivity contribution is 0.282. The van der Waals surface area contributed by atoms with Crippen molar-refractivity contribution in [3.8, 4) is 11.5 Å². The van der Waals surface area contributed by atoms with Crippen LogP contribution in [0.3, 0.4) is 0 Å². The number of allylic oxidation sites excluding steroid dienone is 1. The number of hydrogen-bond donors (Lipinski definition) is 0. The van der Waals surface area contributed by atoms with E-state index in [1.165, 1.54) is 38.5 Å². The zero-order valence-corrected chi connectivity index (χ0v) is 13.3. The van der Waals surface area contributed by atoms with Crippen LogP contribution in [0.4, 0.5) is 4.39 Å². The smallest absolute Gasteiger partial charge is 0.171 e. The SMILES string of the molecule is Cc1c(OC/C=C/C2CCCC2)ccc(OCC2CC2)c1F. The zero-order valence-electron chi connectivity index (χ0n) is 13.3. The molecule has 1 aromatic rings. The molecule has 0 amide bonds. The van der Waals surface area contributed by atoms with Gasteiger partial charge in [-0.3, -0.25) is 0 Å².